The SMILES string of the molecule is Cc1cc(NC(=O)CN2C(=O)C3C4C=CC(C4)C3C2=O)n(-c2cccc(Br)c2)n1. The van der Waals surface area contributed by atoms with Gasteiger partial charge in [0.1, 0.15) is 12.4 Å². The Morgan fingerprint density at radius 3 is 2.52 bits per heavy atom. The number of halogens is 1. The molecule has 4 unspecified atom stereocenters. The second kappa shape index (κ2) is 6.66. The van der Waals surface area contributed by atoms with Crippen LogP contribution in [0.15, 0.2) is 47.0 Å². The summed E-state index contributed by atoms with van der Waals surface area (Å²) in [5.41, 5.74) is 1.53. The number of benzene rings is 1. The Kier molecular flexibility index (Phi) is 4.20. The maximum atomic E-state index is 12.8. The number of amides is 3. The second-order valence-corrected chi connectivity index (χ2v) is 8.79. The summed E-state index contributed by atoms with van der Waals surface area (Å²) in [6, 6.07) is 9.31. The van der Waals surface area contributed by atoms with E-state index in [1.54, 1.807) is 10.7 Å². The molecule has 148 valence electrons. The molecule has 2 fully saturated rings. The van der Waals surface area contributed by atoms with Crippen LogP contribution in [-0.2, 0) is 14.4 Å². The number of rotatable bonds is 4. The lowest BCUT2D eigenvalue weighted by molar-refractivity contribution is -0.143. The molecule has 0 spiro atoms. The van der Waals surface area contributed by atoms with Gasteiger partial charge in [0.2, 0.25) is 17.7 Å². The molecule has 4 atom stereocenters. The zero-order valence-electron chi connectivity index (χ0n) is 15.7. The molecular weight excluding hydrogens is 436 g/mol. The van der Waals surface area contributed by atoms with Crippen molar-refractivity contribution in [3.05, 3.63) is 52.7 Å². The number of imide groups is 1. The van der Waals surface area contributed by atoms with Gasteiger partial charge in [-0.1, -0.05) is 34.1 Å². The highest BCUT2D eigenvalue weighted by atomic mass is 79.9. The predicted molar refractivity (Wildman–Crippen MR) is 109 cm³/mol. The molecule has 29 heavy (non-hydrogen) atoms. The summed E-state index contributed by atoms with van der Waals surface area (Å²) in [6.45, 7) is 1.56. The van der Waals surface area contributed by atoms with Gasteiger partial charge in [0, 0.05) is 10.5 Å². The van der Waals surface area contributed by atoms with Crippen LogP contribution in [0.4, 0.5) is 5.82 Å². The topological polar surface area (TPSA) is 84.3 Å². The maximum absolute atomic E-state index is 12.8. The molecule has 3 amide bonds. The average Bonchev–Trinajstić information content (AvgIpc) is 3.42. The fourth-order valence-corrected chi connectivity index (χ4v) is 5.23. The van der Waals surface area contributed by atoms with Crippen molar-refractivity contribution in [2.45, 2.75) is 13.3 Å². The first kappa shape index (κ1) is 18.3. The minimum absolute atomic E-state index is 0.134. The number of nitrogens with zero attached hydrogens (tertiary/aromatic N) is 3. The van der Waals surface area contributed by atoms with Crippen LogP contribution in [0, 0.1) is 30.6 Å². The normalized spacial score (nSPS) is 27.0. The molecule has 0 radical (unpaired) electrons. The number of anilines is 1. The lowest BCUT2D eigenvalue weighted by Crippen LogP contribution is -2.39. The second-order valence-electron chi connectivity index (χ2n) is 7.87. The van der Waals surface area contributed by atoms with Gasteiger partial charge in [0.15, 0.2) is 0 Å². The zero-order valence-corrected chi connectivity index (χ0v) is 17.3. The van der Waals surface area contributed by atoms with E-state index in [1.807, 2.05) is 43.3 Å². The highest BCUT2D eigenvalue weighted by Gasteiger charge is 2.59. The van der Waals surface area contributed by atoms with E-state index in [0.717, 1.165) is 27.2 Å². The summed E-state index contributed by atoms with van der Waals surface area (Å²) in [5.74, 6) is -0.674. The third-order valence-electron chi connectivity index (χ3n) is 6.02. The first-order chi connectivity index (χ1) is 13.9. The van der Waals surface area contributed by atoms with E-state index in [9.17, 15) is 14.4 Å². The summed E-state index contributed by atoms with van der Waals surface area (Å²) in [6.07, 6.45) is 4.96. The fraction of sp³-hybridized carbons (Fsp3) is 0.333. The highest BCUT2D eigenvalue weighted by Crippen LogP contribution is 2.52. The van der Waals surface area contributed by atoms with Crippen molar-refractivity contribution in [3.63, 3.8) is 0 Å². The highest BCUT2D eigenvalue weighted by molar-refractivity contribution is 9.10. The van der Waals surface area contributed by atoms with E-state index in [1.165, 1.54) is 0 Å². The number of fused-ring (bicyclic) bond motifs is 5. The quantitative estimate of drug-likeness (QED) is 0.568. The van der Waals surface area contributed by atoms with Crippen LogP contribution < -0.4 is 5.32 Å². The molecule has 1 aromatic carbocycles. The number of aromatic nitrogens is 2. The van der Waals surface area contributed by atoms with Crippen molar-refractivity contribution in [1.82, 2.24) is 14.7 Å². The van der Waals surface area contributed by atoms with Crippen molar-refractivity contribution in [2.75, 3.05) is 11.9 Å². The number of hydrogen-bond donors (Lipinski definition) is 1. The van der Waals surface area contributed by atoms with Crippen molar-refractivity contribution >= 4 is 39.5 Å². The molecule has 8 heteroatoms. The smallest absolute Gasteiger partial charge is 0.245 e. The molecule has 5 rings (SSSR count). The van der Waals surface area contributed by atoms with E-state index in [2.05, 4.69) is 26.3 Å². The molecule has 1 aromatic heterocycles. The Balaban J connectivity index is 1.34. The van der Waals surface area contributed by atoms with E-state index in [4.69, 9.17) is 0 Å². The standard InChI is InChI=1S/C21H19BrN4O3/c1-11-7-16(26(24-11)15-4-2-3-14(22)9-15)23-17(27)10-25-20(28)18-12-5-6-13(8-12)19(18)21(25)29/h2-7,9,12-13,18-19H,8,10H2,1H3,(H,23,27). The van der Waals surface area contributed by atoms with Gasteiger partial charge < -0.3 is 5.32 Å². The molecule has 1 saturated carbocycles. The molecule has 2 aliphatic carbocycles. The van der Waals surface area contributed by atoms with Gasteiger partial charge in [-0.05, 0) is 43.4 Å². The third kappa shape index (κ3) is 2.93. The van der Waals surface area contributed by atoms with Crippen LogP contribution in [0.1, 0.15) is 12.1 Å². The van der Waals surface area contributed by atoms with Crippen LogP contribution in [-0.4, -0.2) is 38.9 Å². The summed E-state index contributed by atoms with van der Waals surface area (Å²) < 4.78 is 2.52. The summed E-state index contributed by atoms with van der Waals surface area (Å²) in [7, 11) is 0. The molecule has 2 bridgehead atoms. The van der Waals surface area contributed by atoms with Gasteiger partial charge in [0.05, 0.1) is 23.2 Å². The van der Waals surface area contributed by atoms with Crippen LogP contribution in [0.3, 0.4) is 0 Å². The van der Waals surface area contributed by atoms with Crippen LogP contribution >= 0.6 is 15.9 Å². The van der Waals surface area contributed by atoms with Gasteiger partial charge in [-0.2, -0.15) is 5.10 Å². The van der Waals surface area contributed by atoms with E-state index >= 15 is 0 Å². The van der Waals surface area contributed by atoms with Gasteiger partial charge in [-0.25, -0.2) is 4.68 Å². The Morgan fingerprint density at radius 2 is 1.86 bits per heavy atom. The fourth-order valence-electron chi connectivity index (χ4n) is 4.84. The number of likely N-dealkylation sites (tertiary alicyclic amines) is 1. The molecule has 2 heterocycles. The lowest BCUT2D eigenvalue weighted by Gasteiger charge is -2.17. The van der Waals surface area contributed by atoms with Gasteiger partial charge in [0.25, 0.3) is 0 Å². The first-order valence-corrected chi connectivity index (χ1v) is 10.4. The Labute approximate surface area is 175 Å². The summed E-state index contributed by atoms with van der Waals surface area (Å²) in [4.78, 5) is 39.4. The molecule has 2 aromatic rings. The average molecular weight is 455 g/mol. The number of carbonyl (C=O) groups is 3. The maximum Gasteiger partial charge on any atom is 0.245 e. The summed E-state index contributed by atoms with van der Waals surface area (Å²) >= 11 is 3.44. The van der Waals surface area contributed by atoms with Crippen molar-refractivity contribution in [1.29, 1.82) is 0 Å². The zero-order chi connectivity index (χ0) is 20.3. The van der Waals surface area contributed by atoms with E-state index in [0.29, 0.717) is 5.82 Å². The number of allylic oxidation sites excluding steroid dienone is 2. The Bertz CT molecular complexity index is 1050. The van der Waals surface area contributed by atoms with Crippen molar-refractivity contribution in [3.8, 4) is 5.69 Å². The Hall–Kier alpha value is -2.74. The van der Waals surface area contributed by atoms with Crippen molar-refractivity contribution in [2.24, 2.45) is 23.7 Å². The largest absolute Gasteiger partial charge is 0.309 e. The summed E-state index contributed by atoms with van der Waals surface area (Å²) in [5, 5.41) is 7.24. The lowest BCUT2D eigenvalue weighted by atomic mass is 9.85. The number of nitrogens with one attached hydrogen (secondary N) is 1. The molecule has 1 saturated heterocycles. The van der Waals surface area contributed by atoms with Gasteiger partial charge >= 0.3 is 0 Å². The molecule has 1 N–H and O–H groups in total. The first-order valence-electron chi connectivity index (χ1n) is 9.58. The van der Waals surface area contributed by atoms with E-state index < -0.39 is 5.91 Å². The van der Waals surface area contributed by atoms with Gasteiger partial charge in [-0.3, -0.25) is 19.3 Å². The minimum atomic E-state index is -0.414. The third-order valence-corrected chi connectivity index (χ3v) is 6.51. The van der Waals surface area contributed by atoms with Crippen LogP contribution in [0.25, 0.3) is 5.69 Å². The van der Waals surface area contributed by atoms with Crippen molar-refractivity contribution < 1.29 is 14.4 Å². The van der Waals surface area contributed by atoms with Crippen LogP contribution in [0.2, 0.25) is 0 Å². The number of hydrogen-bond acceptors (Lipinski definition) is 4. The Morgan fingerprint density at radius 1 is 1.17 bits per heavy atom. The van der Waals surface area contributed by atoms with Gasteiger partial charge in [-0.15, -0.1) is 0 Å². The van der Waals surface area contributed by atoms with Crippen LogP contribution in [0.5, 0.6) is 0 Å². The molecule has 1 aliphatic heterocycles. The molecule has 3 aliphatic rings. The number of carbonyl (C=O) groups excluding carboxylic acids is 3. The minimum Gasteiger partial charge on any atom is -0.309 e. The monoisotopic (exact) mass is 454 g/mol. The predicted octanol–water partition coefficient (Wildman–Crippen LogP) is 2.69. The molecular formula is C21H19BrN4O3. The van der Waals surface area contributed by atoms with E-state index in [-0.39, 0.29) is 42.0 Å². The molecule has 7 nitrogen and oxygen atoms in total. The number of aryl methyl sites for hydroxylation is 1.